The molecule has 8 nitrogen and oxygen atoms in total. The number of hydrogen-bond donors (Lipinski definition) is 3. The molecule has 0 aliphatic rings. The monoisotopic (exact) mass is 477 g/mol. The Labute approximate surface area is 190 Å². The van der Waals surface area contributed by atoms with Crippen LogP contribution in [-0.2, 0) is 0 Å². The molecular weight excluding hydrogens is 457 g/mol. The van der Waals surface area contributed by atoms with E-state index in [2.05, 4.69) is 20.5 Å². The number of pyridine rings is 1. The van der Waals surface area contributed by atoms with E-state index in [1.807, 2.05) is 36.6 Å². The van der Waals surface area contributed by atoms with Gasteiger partial charge in [0.2, 0.25) is 0 Å². The molecule has 0 atom stereocenters. The molecule has 12 heteroatoms. The summed E-state index contributed by atoms with van der Waals surface area (Å²) in [6, 6.07) is 7.89. The number of benzene rings is 1. The van der Waals surface area contributed by atoms with E-state index in [9.17, 15) is 18.0 Å². The van der Waals surface area contributed by atoms with Gasteiger partial charge < -0.3 is 15.4 Å². The van der Waals surface area contributed by atoms with Crippen LogP contribution in [0.2, 0.25) is 0 Å². The molecular formula is C21H20F3N6O2S+. The molecule has 4 aromatic rings. The highest BCUT2D eigenvalue weighted by Crippen LogP contribution is 2.29. The Bertz CT molecular complexity index is 1270. The number of fused-ring (bicyclic) bond motifs is 1. The summed E-state index contributed by atoms with van der Waals surface area (Å²) < 4.78 is 44.9. The summed E-state index contributed by atoms with van der Waals surface area (Å²) in [5, 5.41) is 13.0. The molecule has 172 valence electrons. The molecule has 3 aromatic heterocycles. The second kappa shape index (κ2) is 9.06. The number of amides is 2. The van der Waals surface area contributed by atoms with E-state index < -0.39 is 18.8 Å². The molecule has 0 saturated heterocycles. The molecule has 0 spiro atoms. The Morgan fingerprint density at radius 1 is 1.24 bits per heavy atom. The minimum absolute atomic E-state index is 0.141. The Kier molecular flexibility index (Phi) is 6.18. The van der Waals surface area contributed by atoms with E-state index in [0.29, 0.717) is 17.0 Å². The van der Waals surface area contributed by atoms with E-state index in [4.69, 9.17) is 4.74 Å². The summed E-state index contributed by atoms with van der Waals surface area (Å²) in [6.45, 7) is 2.28. The van der Waals surface area contributed by atoms with Gasteiger partial charge in [0.15, 0.2) is 5.69 Å². The van der Waals surface area contributed by atoms with Crippen molar-refractivity contribution >= 4 is 28.7 Å². The molecule has 3 heterocycles. The van der Waals surface area contributed by atoms with E-state index in [-0.39, 0.29) is 6.10 Å². The van der Waals surface area contributed by atoms with Gasteiger partial charge in [-0.1, -0.05) is 11.3 Å². The van der Waals surface area contributed by atoms with Crippen LogP contribution in [0.5, 0.6) is 5.75 Å². The number of H-pyrrole nitrogens is 1. The molecule has 0 saturated carbocycles. The van der Waals surface area contributed by atoms with Crippen molar-refractivity contribution in [1.82, 2.24) is 20.5 Å². The van der Waals surface area contributed by atoms with Crippen molar-refractivity contribution in [3.63, 3.8) is 0 Å². The molecule has 33 heavy (non-hydrogen) atoms. The zero-order valence-corrected chi connectivity index (χ0v) is 18.4. The van der Waals surface area contributed by atoms with E-state index in [1.54, 1.807) is 35.2 Å². The fourth-order valence-corrected chi connectivity index (χ4v) is 3.75. The lowest BCUT2D eigenvalue weighted by atomic mass is 10.1. The van der Waals surface area contributed by atoms with Gasteiger partial charge >= 0.3 is 12.2 Å². The second-order valence-electron chi connectivity index (χ2n) is 7.42. The summed E-state index contributed by atoms with van der Waals surface area (Å²) >= 11 is 1.43. The normalized spacial score (nSPS) is 11.7. The summed E-state index contributed by atoms with van der Waals surface area (Å²) in [5.74, 6) is 0.467. The first kappa shape index (κ1) is 22.5. The molecule has 0 fully saturated rings. The lowest BCUT2D eigenvalue weighted by molar-refractivity contribution is -0.497. The summed E-state index contributed by atoms with van der Waals surface area (Å²) in [6.07, 6.45) is -0.977. The van der Waals surface area contributed by atoms with E-state index in [1.165, 1.54) is 11.3 Å². The highest BCUT2D eigenvalue weighted by Gasteiger charge is 2.27. The van der Waals surface area contributed by atoms with Crippen LogP contribution in [-0.4, -0.2) is 40.0 Å². The number of hydrogen-bond acceptors (Lipinski definition) is 5. The van der Waals surface area contributed by atoms with Crippen LogP contribution in [0.25, 0.3) is 27.5 Å². The summed E-state index contributed by atoms with van der Waals surface area (Å²) in [5.41, 5.74) is 5.12. The van der Waals surface area contributed by atoms with Crippen molar-refractivity contribution < 1.29 is 27.1 Å². The van der Waals surface area contributed by atoms with Gasteiger partial charge in [-0.3, -0.25) is 0 Å². The van der Waals surface area contributed by atoms with Crippen molar-refractivity contribution in [3.8, 4) is 27.6 Å². The number of halogens is 3. The lowest BCUT2D eigenvalue weighted by Crippen LogP contribution is -2.36. The van der Waals surface area contributed by atoms with Gasteiger partial charge in [-0.25, -0.2) is 9.78 Å². The Morgan fingerprint density at radius 3 is 2.76 bits per heavy atom. The van der Waals surface area contributed by atoms with Gasteiger partial charge in [-0.15, -0.1) is 10.2 Å². The molecule has 4 rings (SSSR count). The average Bonchev–Trinajstić information content (AvgIpc) is 3.40. The van der Waals surface area contributed by atoms with Crippen LogP contribution in [0, 0.1) is 0 Å². The maximum atomic E-state index is 12.4. The van der Waals surface area contributed by atoms with Gasteiger partial charge in [0.25, 0.3) is 5.65 Å². The van der Waals surface area contributed by atoms with Gasteiger partial charge in [0.05, 0.1) is 12.3 Å². The zero-order chi connectivity index (χ0) is 23.6. The maximum Gasteiger partial charge on any atom is 0.405 e. The first-order valence-corrected chi connectivity index (χ1v) is 10.8. The van der Waals surface area contributed by atoms with Crippen LogP contribution in [0.4, 0.5) is 23.7 Å². The van der Waals surface area contributed by atoms with Gasteiger partial charge in [0, 0.05) is 28.9 Å². The van der Waals surface area contributed by atoms with E-state index in [0.717, 1.165) is 21.9 Å². The number of aromatic amines is 1. The Morgan fingerprint density at radius 2 is 2.06 bits per heavy atom. The largest absolute Gasteiger partial charge is 0.491 e. The standard InChI is InChI=1S/C21H19F3N6O2S/c1-12(2)32-16-6-14(5-15(8-16)28-20(31)26-10-21(22,23)24)17-9-25-18-7-13(3-4-30(17)18)19-29-27-11-33-19/h3-9,11-12H,10H2,1-2H3,(H2,26,28,31)/p+1. The van der Waals surface area contributed by atoms with Gasteiger partial charge in [-0.05, 0) is 32.0 Å². The number of urea groups is 1. The zero-order valence-electron chi connectivity index (χ0n) is 17.6. The number of alkyl halides is 3. The van der Waals surface area contributed by atoms with Crippen molar-refractivity contribution in [2.75, 3.05) is 11.9 Å². The van der Waals surface area contributed by atoms with Gasteiger partial charge in [-0.2, -0.15) is 17.6 Å². The van der Waals surface area contributed by atoms with Crippen molar-refractivity contribution in [2.45, 2.75) is 26.1 Å². The average molecular weight is 477 g/mol. The number of nitrogens with one attached hydrogen (secondary N) is 3. The number of carbonyl (C=O) groups excluding carboxylic acids is 1. The number of rotatable bonds is 6. The third kappa shape index (κ3) is 5.58. The van der Waals surface area contributed by atoms with Crippen LogP contribution in [0.15, 0.2) is 48.2 Å². The maximum absolute atomic E-state index is 12.4. The fraction of sp³-hybridized carbons (Fsp3) is 0.238. The smallest absolute Gasteiger partial charge is 0.405 e. The molecule has 0 unspecified atom stereocenters. The van der Waals surface area contributed by atoms with Gasteiger partial charge in [0.1, 0.15) is 29.0 Å². The van der Waals surface area contributed by atoms with Crippen LogP contribution in [0.1, 0.15) is 13.8 Å². The number of nitrogens with zero attached hydrogens (tertiary/aromatic N) is 3. The van der Waals surface area contributed by atoms with Crippen molar-refractivity contribution in [3.05, 3.63) is 48.2 Å². The lowest BCUT2D eigenvalue weighted by Gasteiger charge is -2.14. The first-order valence-electron chi connectivity index (χ1n) is 9.91. The molecule has 0 aliphatic heterocycles. The predicted molar refractivity (Wildman–Crippen MR) is 117 cm³/mol. The highest BCUT2D eigenvalue weighted by molar-refractivity contribution is 7.12. The minimum Gasteiger partial charge on any atom is -0.491 e. The molecule has 0 aliphatic carbocycles. The fourth-order valence-electron chi connectivity index (χ4n) is 3.20. The number of imidazole rings is 1. The molecule has 1 aromatic carbocycles. The minimum atomic E-state index is -4.50. The quantitative estimate of drug-likeness (QED) is 0.359. The third-order valence-electron chi connectivity index (χ3n) is 4.46. The number of aromatic nitrogens is 4. The predicted octanol–water partition coefficient (Wildman–Crippen LogP) is 4.41. The highest BCUT2D eigenvalue weighted by atomic mass is 32.1. The van der Waals surface area contributed by atoms with Crippen LogP contribution in [0.3, 0.4) is 0 Å². The second-order valence-corrected chi connectivity index (χ2v) is 8.26. The number of carbonyl (C=O) groups is 1. The van der Waals surface area contributed by atoms with Crippen LogP contribution >= 0.6 is 11.3 Å². The SMILES string of the molecule is CC(C)Oc1cc(NC(=O)NCC(F)(F)F)cc(-c2c[nH]c3cc(-c4nncs4)cc[n+]23)c1. The molecule has 0 bridgehead atoms. The first-order chi connectivity index (χ1) is 15.7. The summed E-state index contributed by atoms with van der Waals surface area (Å²) in [4.78, 5) is 15.2. The Hall–Kier alpha value is -3.67. The number of anilines is 1. The molecule has 0 radical (unpaired) electrons. The van der Waals surface area contributed by atoms with Crippen molar-refractivity contribution in [2.24, 2.45) is 0 Å². The third-order valence-corrected chi connectivity index (χ3v) is 5.20. The number of ether oxygens (including phenoxy) is 1. The van der Waals surface area contributed by atoms with Crippen molar-refractivity contribution in [1.29, 1.82) is 0 Å². The Balaban J connectivity index is 1.66. The molecule has 3 N–H and O–H groups in total. The topological polar surface area (TPSA) is 96.0 Å². The van der Waals surface area contributed by atoms with E-state index >= 15 is 0 Å². The summed E-state index contributed by atoms with van der Waals surface area (Å²) in [7, 11) is 0. The van der Waals surface area contributed by atoms with Crippen LogP contribution < -0.4 is 19.8 Å². The molecule has 2 amide bonds.